The molecule has 2 rings (SSSR count). The number of likely N-dealkylation sites (tertiary alicyclic amines) is 1. The Morgan fingerprint density at radius 3 is 2.70 bits per heavy atom. The molecule has 27 heavy (non-hydrogen) atoms. The van der Waals surface area contributed by atoms with Crippen LogP contribution in [0.25, 0.3) is 0 Å². The number of benzene rings is 1. The van der Waals surface area contributed by atoms with Crippen LogP contribution in [0, 0.1) is 5.92 Å². The number of nitrogens with one attached hydrogen (secondary N) is 2. The lowest BCUT2D eigenvalue weighted by atomic mass is 10.2. The molecule has 6 nitrogen and oxygen atoms in total. The summed E-state index contributed by atoms with van der Waals surface area (Å²) >= 11 is 6.12. The Kier molecular flexibility index (Phi) is 10.2. The summed E-state index contributed by atoms with van der Waals surface area (Å²) < 4.78 is 5.85. The Bertz CT molecular complexity index is 642. The summed E-state index contributed by atoms with van der Waals surface area (Å²) in [7, 11) is 1.74. The minimum Gasteiger partial charge on any atom is -0.487 e. The summed E-state index contributed by atoms with van der Waals surface area (Å²) in [6, 6.07) is 7.64. The Balaban J connectivity index is 0.00000364. The maximum atomic E-state index is 12.1. The molecule has 0 spiro atoms. The summed E-state index contributed by atoms with van der Waals surface area (Å²) in [6.45, 7) is 7.93. The van der Waals surface area contributed by atoms with Crippen LogP contribution in [-0.4, -0.2) is 55.6 Å². The third-order valence-corrected chi connectivity index (χ3v) is 4.59. The number of hydrogen-bond acceptors (Lipinski definition) is 3. The third-order valence-electron chi connectivity index (χ3n) is 4.28. The molecule has 1 heterocycles. The monoisotopic (exact) mass is 508 g/mol. The molecule has 2 unspecified atom stereocenters. The lowest BCUT2D eigenvalue weighted by Crippen LogP contribution is -2.47. The molecule has 1 aliphatic heterocycles. The van der Waals surface area contributed by atoms with Crippen LogP contribution in [0.3, 0.4) is 0 Å². The number of para-hydroxylation sites is 1. The second-order valence-corrected chi connectivity index (χ2v) is 7.29. The highest BCUT2D eigenvalue weighted by Crippen LogP contribution is 2.24. The zero-order valence-electron chi connectivity index (χ0n) is 16.4. The van der Waals surface area contributed by atoms with E-state index in [1.807, 2.05) is 49.9 Å². The summed E-state index contributed by atoms with van der Waals surface area (Å²) in [4.78, 5) is 18.3. The first-order valence-corrected chi connectivity index (χ1v) is 9.45. The highest BCUT2D eigenvalue weighted by molar-refractivity contribution is 14.0. The first-order chi connectivity index (χ1) is 12.4. The van der Waals surface area contributed by atoms with Gasteiger partial charge in [0.2, 0.25) is 5.91 Å². The van der Waals surface area contributed by atoms with Crippen LogP contribution in [0.4, 0.5) is 0 Å². The number of nitrogens with zero attached hydrogens (tertiary/aromatic N) is 2. The molecule has 1 aromatic carbocycles. The lowest BCUT2D eigenvalue weighted by Gasteiger charge is -2.21. The Morgan fingerprint density at radius 2 is 2.07 bits per heavy atom. The zero-order chi connectivity index (χ0) is 19.1. The van der Waals surface area contributed by atoms with Gasteiger partial charge in [-0.25, -0.2) is 0 Å². The molecule has 2 atom stereocenters. The molecule has 0 radical (unpaired) electrons. The second-order valence-electron chi connectivity index (χ2n) is 6.88. The number of hydrogen-bond donors (Lipinski definition) is 2. The van der Waals surface area contributed by atoms with E-state index in [0.29, 0.717) is 29.8 Å². The molecule has 1 aromatic rings. The van der Waals surface area contributed by atoms with Crippen LogP contribution >= 0.6 is 35.6 Å². The lowest BCUT2D eigenvalue weighted by molar-refractivity contribution is -0.133. The van der Waals surface area contributed by atoms with Gasteiger partial charge in [-0.1, -0.05) is 37.6 Å². The molecule has 152 valence electrons. The molecule has 1 aliphatic rings. The summed E-state index contributed by atoms with van der Waals surface area (Å²) in [6.07, 6.45) is 0.848. The van der Waals surface area contributed by atoms with Crippen LogP contribution in [0.5, 0.6) is 5.75 Å². The van der Waals surface area contributed by atoms with Gasteiger partial charge in [0.1, 0.15) is 11.9 Å². The predicted molar refractivity (Wildman–Crippen MR) is 121 cm³/mol. The second kappa shape index (κ2) is 11.6. The van der Waals surface area contributed by atoms with Crippen molar-refractivity contribution in [3.63, 3.8) is 0 Å². The maximum Gasteiger partial charge on any atom is 0.225 e. The molecule has 1 amide bonds. The van der Waals surface area contributed by atoms with Crippen molar-refractivity contribution < 1.29 is 9.53 Å². The fourth-order valence-corrected chi connectivity index (χ4v) is 3.05. The van der Waals surface area contributed by atoms with Crippen molar-refractivity contribution in [3.05, 3.63) is 29.3 Å². The van der Waals surface area contributed by atoms with Gasteiger partial charge < -0.3 is 20.3 Å². The van der Waals surface area contributed by atoms with Crippen molar-refractivity contribution in [1.29, 1.82) is 0 Å². The van der Waals surface area contributed by atoms with Crippen LogP contribution in [0.1, 0.15) is 27.2 Å². The summed E-state index contributed by atoms with van der Waals surface area (Å²) in [5, 5.41) is 7.25. The molecule has 0 aliphatic carbocycles. The van der Waals surface area contributed by atoms with Crippen LogP contribution in [-0.2, 0) is 4.79 Å². The van der Waals surface area contributed by atoms with Crippen LogP contribution in [0.15, 0.2) is 29.3 Å². The van der Waals surface area contributed by atoms with E-state index in [0.717, 1.165) is 13.0 Å². The fourth-order valence-electron chi connectivity index (χ4n) is 2.87. The standard InChI is InChI=1S/C19H29ClN4O2.HI/c1-13(2)18(25)24-10-9-15(12-24)23-19(21-4)22-11-14(3)26-17-8-6-5-7-16(17)20;/h5-8,13-15H,9-12H2,1-4H3,(H2,21,22,23);1H. The van der Waals surface area contributed by atoms with Gasteiger partial charge in [0.15, 0.2) is 5.96 Å². The fraction of sp³-hybridized carbons (Fsp3) is 0.579. The summed E-state index contributed by atoms with van der Waals surface area (Å²) in [5.41, 5.74) is 0. The molecular formula is C19H30ClIN4O2. The van der Waals surface area contributed by atoms with E-state index in [1.165, 1.54) is 0 Å². The molecule has 1 saturated heterocycles. The molecule has 2 N–H and O–H groups in total. The molecule has 0 bridgehead atoms. The van der Waals surface area contributed by atoms with Gasteiger partial charge in [0, 0.05) is 32.1 Å². The van der Waals surface area contributed by atoms with Gasteiger partial charge in [-0.3, -0.25) is 9.79 Å². The maximum absolute atomic E-state index is 12.1. The zero-order valence-corrected chi connectivity index (χ0v) is 19.5. The SMILES string of the molecule is CN=C(NCC(C)Oc1ccccc1Cl)NC1CCN(C(=O)C(C)C)C1.I. The van der Waals surface area contributed by atoms with Gasteiger partial charge in [-0.05, 0) is 25.5 Å². The van der Waals surface area contributed by atoms with E-state index in [-0.39, 0.29) is 47.9 Å². The molecule has 0 saturated carbocycles. The number of amides is 1. The van der Waals surface area contributed by atoms with Gasteiger partial charge >= 0.3 is 0 Å². The van der Waals surface area contributed by atoms with E-state index in [4.69, 9.17) is 16.3 Å². The number of carbonyl (C=O) groups excluding carboxylic acids is 1. The van der Waals surface area contributed by atoms with E-state index >= 15 is 0 Å². The minimum atomic E-state index is -0.0731. The number of carbonyl (C=O) groups is 1. The largest absolute Gasteiger partial charge is 0.487 e. The number of rotatable bonds is 6. The van der Waals surface area contributed by atoms with Crippen molar-refractivity contribution in [2.45, 2.75) is 39.3 Å². The topological polar surface area (TPSA) is 66.0 Å². The molecule has 8 heteroatoms. The minimum absolute atomic E-state index is 0. The van der Waals surface area contributed by atoms with Gasteiger partial charge in [-0.15, -0.1) is 24.0 Å². The average Bonchev–Trinajstić information content (AvgIpc) is 3.08. The third kappa shape index (κ3) is 7.37. The molecule has 1 fully saturated rings. The summed E-state index contributed by atoms with van der Waals surface area (Å²) in [5.74, 6) is 1.63. The Morgan fingerprint density at radius 1 is 1.37 bits per heavy atom. The first kappa shape index (κ1) is 23.8. The molecule has 0 aromatic heterocycles. The smallest absolute Gasteiger partial charge is 0.225 e. The van der Waals surface area contributed by atoms with E-state index in [2.05, 4.69) is 15.6 Å². The van der Waals surface area contributed by atoms with E-state index < -0.39 is 0 Å². The number of halogens is 2. The highest BCUT2D eigenvalue weighted by atomic mass is 127. The van der Waals surface area contributed by atoms with Crippen LogP contribution < -0.4 is 15.4 Å². The van der Waals surface area contributed by atoms with E-state index in [9.17, 15) is 4.79 Å². The van der Waals surface area contributed by atoms with Crippen molar-refractivity contribution in [2.75, 3.05) is 26.7 Å². The van der Waals surface area contributed by atoms with Crippen molar-refractivity contribution in [1.82, 2.24) is 15.5 Å². The molecular weight excluding hydrogens is 479 g/mol. The Hall–Kier alpha value is -1.22. The number of aliphatic imine (C=N–C) groups is 1. The van der Waals surface area contributed by atoms with Gasteiger partial charge in [0.25, 0.3) is 0 Å². The van der Waals surface area contributed by atoms with E-state index in [1.54, 1.807) is 7.05 Å². The number of guanidine groups is 1. The first-order valence-electron chi connectivity index (χ1n) is 9.07. The number of ether oxygens (including phenoxy) is 1. The predicted octanol–water partition coefficient (Wildman–Crippen LogP) is 3.15. The highest BCUT2D eigenvalue weighted by Gasteiger charge is 2.28. The van der Waals surface area contributed by atoms with Crippen molar-refractivity contribution in [3.8, 4) is 5.75 Å². The van der Waals surface area contributed by atoms with Crippen molar-refractivity contribution in [2.24, 2.45) is 10.9 Å². The normalized spacial score (nSPS) is 18.1. The average molecular weight is 509 g/mol. The quantitative estimate of drug-likeness (QED) is 0.352. The van der Waals surface area contributed by atoms with Gasteiger partial charge in [-0.2, -0.15) is 0 Å². The van der Waals surface area contributed by atoms with Gasteiger partial charge in [0.05, 0.1) is 11.6 Å². The van der Waals surface area contributed by atoms with Crippen molar-refractivity contribution >= 4 is 47.4 Å². The van der Waals surface area contributed by atoms with Crippen LogP contribution in [0.2, 0.25) is 5.02 Å². The Labute approximate surface area is 184 Å².